The summed E-state index contributed by atoms with van der Waals surface area (Å²) in [6.07, 6.45) is 1.56. The summed E-state index contributed by atoms with van der Waals surface area (Å²) in [4.78, 5) is 0. The summed E-state index contributed by atoms with van der Waals surface area (Å²) in [6, 6.07) is 18.0. The number of halogens is 1. The molecule has 1 aliphatic carbocycles. The lowest BCUT2D eigenvalue weighted by Gasteiger charge is -2.15. The minimum Gasteiger partial charge on any atom is -0.384 e. The first-order valence-corrected chi connectivity index (χ1v) is 7.59. The van der Waals surface area contributed by atoms with Crippen molar-refractivity contribution in [3.05, 3.63) is 81.9 Å². The van der Waals surface area contributed by atoms with Gasteiger partial charge in [-0.1, -0.05) is 54.1 Å². The average molecular weight is 295 g/mol. The lowest BCUT2D eigenvalue weighted by Crippen LogP contribution is -2.01. The van der Waals surface area contributed by atoms with Gasteiger partial charge in [0.2, 0.25) is 0 Å². The quantitative estimate of drug-likeness (QED) is 0.728. The molecule has 0 saturated carbocycles. The monoisotopic (exact) mass is 294 g/mol. The third-order valence-electron chi connectivity index (χ3n) is 4.37. The van der Waals surface area contributed by atoms with Crippen LogP contribution in [0.25, 0.3) is 10.8 Å². The van der Waals surface area contributed by atoms with Gasteiger partial charge in [-0.05, 0) is 58.0 Å². The fourth-order valence-electron chi connectivity index (χ4n) is 3.36. The van der Waals surface area contributed by atoms with Gasteiger partial charge in [-0.3, -0.25) is 0 Å². The van der Waals surface area contributed by atoms with E-state index in [1.165, 1.54) is 16.5 Å². The Hall–Kier alpha value is -1.83. The van der Waals surface area contributed by atoms with Crippen LogP contribution in [0.15, 0.2) is 54.6 Å². The molecule has 104 valence electrons. The molecule has 2 heteroatoms. The van der Waals surface area contributed by atoms with Gasteiger partial charge in [-0.2, -0.15) is 0 Å². The first-order valence-electron chi connectivity index (χ1n) is 7.21. The van der Waals surface area contributed by atoms with Crippen LogP contribution in [0.4, 0.5) is 0 Å². The molecule has 1 N–H and O–H groups in total. The molecule has 0 radical (unpaired) electrons. The second-order valence-electron chi connectivity index (χ2n) is 5.61. The molecular formula is C19H15ClO. The summed E-state index contributed by atoms with van der Waals surface area (Å²) in [7, 11) is 0. The van der Waals surface area contributed by atoms with Gasteiger partial charge in [-0.25, -0.2) is 0 Å². The number of rotatable bonds is 2. The van der Waals surface area contributed by atoms with E-state index < -0.39 is 6.10 Å². The second kappa shape index (κ2) is 4.87. The molecule has 4 rings (SSSR count). The Morgan fingerprint density at radius 1 is 0.905 bits per heavy atom. The van der Waals surface area contributed by atoms with Crippen molar-refractivity contribution in [2.24, 2.45) is 0 Å². The van der Waals surface area contributed by atoms with Gasteiger partial charge in [0.15, 0.2) is 0 Å². The number of benzene rings is 3. The molecule has 0 aromatic heterocycles. The zero-order valence-electron chi connectivity index (χ0n) is 11.5. The third-order valence-corrected chi connectivity index (χ3v) is 4.60. The van der Waals surface area contributed by atoms with E-state index in [-0.39, 0.29) is 0 Å². The minimum atomic E-state index is -0.645. The van der Waals surface area contributed by atoms with Crippen LogP contribution in [0, 0.1) is 0 Å². The first-order chi connectivity index (χ1) is 10.2. The molecule has 3 aromatic rings. The number of aliphatic hydroxyl groups excluding tert-OH is 1. The maximum atomic E-state index is 10.8. The Kier molecular flexibility index (Phi) is 2.99. The maximum Gasteiger partial charge on any atom is 0.105 e. The molecule has 1 aliphatic rings. The summed E-state index contributed by atoms with van der Waals surface area (Å²) in [5.41, 5.74) is 4.58. The van der Waals surface area contributed by atoms with E-state index in [1.807, 2.05) is 24.3 Å². The average Bonchev–Trinajstić information content (AvgIpc) is 2.92. The van der Waals surface area contributed by atoms with Crippen molar-refractivity contribution >= 4 is 22.4 Å². The molecule has 0 unspecified atom stereocenters. The summed E-state index contributed by atoms with van der Waals surface area (Å²) >= 11 is 6.04. The van der Waals surface area contributed by atoms with Crippen molar-refractivity contribution in [3.63, 3.8) is 0 Å². The van der Waals surface area contributed by atoms with Crippen LogP contribution in [-0.4, -0.2) is 5.11 Å². The highest BCUT2D eigenvalue weighted by molar-refractivity contribution is 6.30. The predicted molar refractivity (Wildman–Crippen MR) is 86.9 cm³/mol. The fourth-order valence-corrected chi connectivity index (χ4v) is 3.56. The van der Waals surface area contributed by atoms with E-state index in [4.69, 9.17) is 11.6 Å². The van der Waals surface area contributed by atoms with E-state index in [9.17, 15) is 5.11 Å². The lowest BCUT2D eigenvalue weighted by molar-refractivity contribution is 0.222. The number of hydrogen-bond donors (Lipinski definition) is 1. The van der Waals surface area contributed by atoms with Crippen molar-refractivity contribution in [2.75, 3.05) is 0 Å². The molecule has 0 fully saturated rings. The lowest BCUT2D eigenvalue weighted by atomic mass is 9.93. The topological polar surface area (TPSA) is 20.2 Å². The summed E-state index contributed by atoms with van der Waals surface area (Å²) in [6.45, 7) is 0. The summed E-state index contributed by atoms with van der Waals surface area (Å²) in [5, 5.41) is 13.9. The van der Waals surface area contributed by atoms with Crippen molar-refractivity contribution < 1.29 is 5.11 Å². The molecule has 1 nitrogen and oxygen atoms in total. The van der Waals surface area contributed by atoms with Crippen LogP contribution in [-0.2, 0) is 12.8 Å². The molecule has 0 bridgehead atoms. The number of aryl methyl sites for hydroxylation is 2. The number of hydrogen-bond acceptors (Lipinski definition) is 1. The molecule has 1 atom stereocenters. The van der Waals surface area contributed by atoms with Crippen LogP contribution >= 0.6 is 11.6 Å². The molecule has 0 aliphatic heterocycles. The molecule has 3 aromatic carbocycles. The Balaban J connectivity index is 1.92. The van der Waals surface area contributed by atoms with Crippen molar-refractivity contribution in [1.29, 1.82) is 0 Å². The highest BCUT2D eigenvalue weighted by Crippen LogP contribution is 2.36. The summed E-state index contributed by atoms with van der Waals surface area (Å²) < 4.78 is 0. The second-order valence-corrected chi connectivity index (χ2v) is 6.05. The SMILES string of the molecule is O[C@H](c1cccc(Cl)c1)c1ccc2c3c(cccc13)CC2. The zero-order valence-corrected chi connectivity index (χ0v) is 12.3. The van der Waals surface area contributed by atoms with Gasteiger partial charge in [0.05, 0.1) is 0 Å². The van der Waals surface area contributed by atoms with Crippen molar-refractivity contribution in [3.8, 4) is 0 Å². The molecule has 0 amide bonds. The summed E-state index contributed by atoms with van der Waals surface area (Å²) in [5.74, 6) is 0. The Morgan fingerprint density at radius 2 is 1.67 bits per heavy atom. The number of aliphatic hydroxyl groups is 1. The standard InChI is InChI=1S/C19H15ClO/c20-15-5-1-4-14(11-15)19(21)17-10-9-13-8-7-12-3-2-6-16(17)18(12)13/h1-6,9-11,19,21H,7-8H2/t19-/m1/s1. The van der Waals surface area contributed by atoms with Crippen LogP contribution in [0.3, 0.4) is 0 Å². The van der Waals surface area contributed by atoms with E-state index in [0.29, 0.717) is 5.02 Å². The minimum absolute atomic E-state index is 0.645. The van der Waals surface area contributed by atoms with E-state index in [0.717, 1.165) is 29.4 Å². The highest BCUT2D eigenvalue weighted by Gasteiger charge is 2.19. The van der Waals surface area contributed by atoms with Gasteiger partial charge in [-0.15, -0.1) is 0 Å². The van der Waals surface area contributed by atoms with Crippen molar-refractivity contribution in [1.82, 2.24) is 0 Å². The zero-order chi connectivity index (χ0) is 14.4. The van der Waals surface area contributed by atoms with E-state index in [2.05, 4.69) is 30.3 Å². The fraction of sp³-hybridized carbons (Fsp3) is 0.158. The van der Waals surface area contributed by atoms with Gasteiger partial charge >= 0.3 is 0 Å². The van der Waals surface area contributed by atoms with Gasteiger partial charge in [0, 0.05) is 5.02 Å². The van der Waals surface area contributed by atoms with Gasteiger partial charge in [0.25, 0.3) is 0 Å². The largest absolute Gasteiger partial charge is 0.384 e. The first kappa shape index (κ1) is 12.9. The smallest absolute Gasteiger partial charge is 0.105 e. The van der Waals surface area contributed by atoms with E-state index >= 15 is 0 Å². The normalized spacial score (nSPS) is 14.6. The predicted octanol–water partition coefficient (Wildman–Crippen LogP) is 4.67. The van der Waals surface area contributed by atoms with Gasteiger partial charge < -0.3 is 5.11 Å². The van der Waals surface area contributed by atoms with Crippen molar-refractivity contribution in [2.45, 2.75) is 18.9 Å². The molecule has 0 heterocycles. The van der Waals surface area contributed by atoms with Crippen LogP contribution in [0.1, 0.15) is 28.4 Å². The van der Waals surface area contributed by atoms with Crippen LogP contribution < -0.4 is 0 Å². The van der Waals surface area contributed by atoms with Gasteiger partial charge in [0.1, 0.15) is 6.10 Å². The maximum absolute atomic E-state index is 10.8. The Morgan fingerprint density at radius 3 is 2.48 bits per heavy atom. The van der Waals surface area contributed by atoms with Crippen LogP contribution in [0.5, 0.6) is 0 Å². The Bertz CT molecular complexity index is 828. The third kappa shape index (κ3) is 2.05. The molecule has 0 spiro atoms. The highest BCUT2D eigenvalue weighted by atomic mass is 35.5. The molecule has 0 saturated heterocycles. The van der Waals surface area contributed by atoms with Crippen LogP contribution in [0.2, 0.25) is 5.02 Å². The molecule has 21 heavy (non-hydrogen) atoms. The Labute approximate surface area is 128 Å². The van der Waals surface area contributed by atoms with E-state index in [1.54, 1.807) is 0 Å². The molecular weight excluding hydrogens is 280 g/mol.